The van der Waals surface area contributed by atoms with Crippen molar-refractivity contribution in [3.8, 4) is 5.75 Å². The van der Waals surface area contributed by atoms with E-state index in [1.165, 1.54) is 37.3 Å². The largest absolute Gasteiger partial charge is 0.497 e. The second-order valence-electron chi connectivity index (χ2n) is 7.97. The number of nitrogens with one attached hydrogen (secondary N) is 1. The molecule has 8 nitrogen and oxygen atoms in total. The number of sulfonamides is 1. The Morgan fingerprint density at radius 1 is 1.00 bits per heavy atom. The lowest BCUT2D eigenvalue weighted by Crippen LogP contribution is -2.50. The molecule has 0 aromatic heterocycles. The summed E-state index contributed by atoms with van der Waals surface area (Å²) in [6, 6.07) is 20.3. The maximum Gasteiger partial charge on any atom is 0.264 e. The average Bonchev–Trinajstić information content (AvgIpc) is 2.89. The molecule has 0 fully saturated rings. The van der Waals surface area contributed by atoms with Crippen molar-refractivity contribution in [1.82, 2.24) is 10.2 Å². The van der Waals surface area contributed by atoms with Crippen LogP contribution in [0.3, 0.4) is 0 Å². The summed E-state index contributed by atoms with van der Waals surface area (Å²) in [6.07, 6.45) is 0. The minimum Gasteiger partial charge on any atom is -0.497 e. The van der Waals surface area contributed by atoms with Crippen LogP contribution >= 0.6 is 11.6 Å². The van der Waals surface area contributed by atoms with Gasteiger partial charge in [-0.3, -0.25) is 13.9 Å². The van der Waals surface area contributed by atoms with Crippen molar-refractivity contribution in [1.29, 1.82) is 0 Å². The van der Waals surface area contributed by atoms with Crippen LogP contribution in [0.5, 0.6) is 5.75 Å². The van der Waals surface area contributed by atoms with Gasteiger partial charge in [0.1, 0.15) is 18.3 Å². The number of hydrogen-bond acceptors (Lipinski definition) is 5. The molecular weight excluding hydrogens is 502 g/mol. The zero-order chi connectivity index (χ0) is 26.3. The molecule has 10 heteroatoms. The molecule has 0 bridgehead atoms. The Morgan fingerprint density at radius 3 is 2.33 bits per heavy atom. The summed E-state index contributed by atoms with van der Waals surface area (Å²) in [4.78, 5) is 27.6. The van der Waals surface area contributed by atoms with Crippen molar-refractivity contribution in [2.24, 2.45) is 0 Å². The zero-order valence-corrected chi connectivity index (χ0v) is 21.8. The van der Waals surface area contributed by atoms with Crippen LogP contribution in [0.25, 0.3) is 0 Å². The van der Waals surface area contributed by atoms with Gasteiger partial charge in [-0.1, -0.05) is 48.0 Å². The van der Waals surface area contributed by atoms with Crippen molar-refractivity contribution in [2.45, 2.75) is 24.4 Å². The minimum atomic E-state index is -4.13. The normalized spacial score (nSPS) is 11.9. The number of rotatable bonds is 10. The lowest BCUT2D eigenvalue weighted by molar-refractivity contribution is -0.139. The summed E-state index contributed by atoms with van der Waals surface area (Å²) < 4.78 is 33.5. The van der Waals surface area contributed by atoms with Gasteiger partial charge in [-0.2, -0.15) is 0 Å². The first-order valence-electron chi connectivity index (χ1n) is 11.1. The van der Waals surface area contributed by atoms with Crippen molar-refractivity contribution in [3.63, 3.8) is 0 Å². The molecule has 190 valence electrons. The fourth-order valence-corrected chi connectivity index (χ4v) is 5.25. The second kappa shape index (κ2) is 11.9. The minimum absolute atomic E-state index is 0.0245. The van der Waals surface area contributed by atoms with Gasteiger partial charge in [-0.05, 0) is 55.0 Å². The summed E-state index contributed by atoms with van der Waals surface area (Å²) in [5.74, 6) is -0.348. The summed E-state index contributed by atoms with van der Waals surface area (Å²) >= 11 is 6.15. The maximum absolute atomic E-state index is 13.7. The molecule has 36 heavy (non-hydrogen) atoms. The van der Waals surface area contributed by atoms with Gasteiger partial charge < -0.3 is 15.0 Å². The van der Waals surface area contributed by atoms with Crippen LogP contribution in [0.2, 0.25) is 5.02 Å². The van der Waals surface area contributed by atoms with Gasteiger partial charge in [-0.25, -0.2) is 8.42 Å². The molecular formula is C26H28ClN3O5S. The molecule has 3 aromatic carbocycles. The number of benzene rings is 3. The van der Waals surface area contributed by atoms with Gasteiger partial charge in [0.15, 0.2) is 0 Å². The molecule has 0 radical (unpaired) electrons. The van der Waals surface area contributed by atoms with Crippen LogP contribution in [-0.2, 0) is 26.2 Å². The number of halogens is 1. The highest BCUT2D eigenvalue weighted by atomic mass is 35.5. The van der Waals surface area contributed by atoms with E-state index >= 15 is 0 Å². The molecule has 0 aliphatic carbocycles. The Bertz CT molecular complexity index is 1320. The lowest BCUT2D eigenvalue weighted by atomic mass is 10.1. The first-order chi connectivity index (χ1) is 17.2. The molecule has 1 N–H and O–H groups in total. The van der Waals surface area contributed by atoms with E-state index in [0.717, 1.165) is 9.87 Å². The topological polar surface area (TPSA) is 96.0 Å². The van der Waals surface area contributed by atoms with Crippen molar-refractivity contribution in [3.05, 3.63) is 89.4 Å². The fourth-order valence-electron chi connectivity index (χ4n) is 3.64. The third-order valence-corrected chi connectivity index (χ3v) is 7.63. The van der Waals surface area contributed by atoms with Crippen LogP contribution in [0.4, 0.5) is 5.69 Å². The number of hydrogen-bond donors (Lipinski definition) is 1. The first kappa shape index (κ1) is 27.0. The Labute approximate surface area is 216 Å². The number of nitrogens with zero attached hydrogens (tertiary/aromatic N) is 2. The quantitative estimate of drug-likeness (QED) is 0.432. The number of methoxy groups -OCH3 is 1. The molecule has 1 atom stereocenters. The number of amides is 2. The van der Waals surface area contributed by atoms with Crippen LogP contribution < -0.4 is 14.4 Å². The third kappa shape index (κ3) is 6.35. The molecule has 1 unspecified atom stereocenters. The van der Waals surface area contributed by atoms with E-state index in [1.54, 1.807) is 67.6 Å². The van der Waals surface area contributed by atoms with Gasteiger partial charge in [0.05, 0.1) is 17.7 Å². The summed E-state index contributed by atoms with van der Waals surface area (Å²) in [5, 5.41) is 2.87. The van der Waals surface area contributed by atoms with Crippen LogP contribution in [0, 0.1) is 0 Å². The number of carbonyl (C=O) groups excluding carboxylic acids is 2. The maximum atomic E-state index is 13.7. The van der Waals surface area contributed by atoms with Crippen molar-refractivity contribution < 1.29 is 22.7 Å². The monoisotopic (exact) mass is 529 g/mol. The van der Waals surface area contributed by atoms with E-state index < -0.39 is 28.5 Å². The van der Waals surface area contributed by atoms with Gasteiger partial charge in [0, 0.05) is 18.6 Å². The average molecular weight is 530 g/mol. The van der Waals surface area contributed by atoms with Gasteiger partial charge >= 0.3 is 0 Å². The Balaban J connectivity index is 2.02. The smallest absolute Gasteiger partial charge is 0.264 e. The van der Waals surface area contributed by atoms with E-state index in [0.29, 0.717) is 10.8 Å². The van der Waals surface area contributed by atoms with Crippen molar-refractivity contribution in [2.75, 3.05) is 25.0 Å². The zero-order valence-electron chi connectivity index (χ0n) is 20.2. The van der Waals surface area contributed by atoms with E-state index in [2.05, 4.69) is 5.32 Å². The van der Waals surface area contributed by atoms with Crippen LogP contribution in [-0.4, -0.2) is 51.9 Å². The molecule has 0 saturated heterocycles. The number of anilines is 1. The highest BCUT2D eigenvalue weighted by Crippen LogP contribution is 2.27. The Kier molecular flexibility index (Phi) is 8.95. The fraction of sp³-hybridized carbons (Fsp3) is 0.231. The summed E-state index contributed by atoms with van der Waals surface area (Å²) in [5.41, 5.74) is 0.951. The summed E-state index contributed by atoms with van der Waals surface area (Å²) in [6.45, 7) is 1.12. The molecule has 0 aliphatic heterocycles. The van der Waals surface area contributed by atoms with Crippen LogP contribution in [0.1, 0.15) is 12.5 Å². The van der Waals surface area contributed by atoms with Crippen LogP contribution in [0.15, 0.2) is 83.8 Å². The predicted octanol–water partition coefficient (Wildman–Crippen LogP) is 3.71. The third-order valence-electron chi connectivity index (χ3n) is 5.61. The molecule has 3 rings (SSSR count). The number of carbonyl (C=O) groups is 2. The second-order valence-corrected chi connectivity index (χ2v) is 10.3. The lowest BCUT2D eigenvalue weighted by Gasteiger charge is -2.31. The molecule has 2 amide bonds. The van der Waals surface area contributed by atoms with E-state index in [9.17, 15) is 18.0 Å². The van der Waals surface area contributed by atoms with Crippen molar-refractivity contribution >= 4 is 39.1 Å². The highest BCUT2D eigenvalue weighted by molar-refractivity contribution is 7.92. The van der Waals surface area contributed by atoms with E-state index in [-0.39, 0.29) is 23.0 Å². The van der Waals surface area contributed by atoms with Gasteiger partial charge in [0.25, 0.3) is 10.0 Å². The molecule has 0 saturated carbocycles. The number of likely N-dealkylation sites (N-methyl/N-ethyl adjacent to an activating group) is 1. The standard InChI is InChI=1S/C26H28ClN3O5S/c1-19(26(32)28-2)29(17-20-9-7-12-23(15-20)35-3)25(31)18-30(22-11-8-10-21(27)16-22)36(33,34)24-13-5-4-6-14-24/h4-16,19H,17-18H2,1-3H3,(H,28,32). The SMILES string of the molecule is CNC(=O)C(C)N(Cc1cccc(OC)c1)C(=O)CN(c1cccc(Cl)c1)S(=O)(=O)c1ccccc1. The first-order valence-corrected chi connectivity index (χ1v) is 13.0. The van der Waals surface area contributed by atoms with E-state index in [1.807, 2.05) is 0 Å². The van der Waals surface area contributed by atoms with Gasteiger partial charge in [-0.15, -0.1) is 0 Å². The molecule has 0 heterocycles. The highest BCUT2D eigenvalue weighted by Gasteiger charge is 2.32. The number of ether oxygens (including phenoxy) is 1. The van der Waals surface area contributed by atoms with E-state index in [4.69, 9.17) is 16.3 Å². The predicted molar refractivity (Wildman–Crippen MR) is 139 cm³/mol. The Morgan fingerprint density at radius 2 is 1.69 bits per heavy atom. The molecule has 0 aliphatic rings. The molecule has 3 aromatic rings. The summed E-state index contributed by atoms with van der Waals surface area (Å²) in [7, 11) is -1.12. The Hall–Kier alpha value is -3.56. The van der Waals surface area contributed by atoms with Gasteiger partial charge in [0.2, 0.25) is 11.8 Å². The molecule has 0 spiro atoms.